The third kappa shape index (κ3) is 4.01. The first kappa shape index (κ1) is 16.1. The molecule has 2 rings (SSSR count). The number of nitrogens with one attached hydrogen (secondary N) is 2. The molecular weight excluding hydrogens is 280 g/mol. The van der Waals surface area contributed by atoms with Gasteiger partial charge < -0.3 is 10.2 Å². The van der Waals surface area contributed by atoms with Gasteiger partial charge in [0.05, 0.1) is 12.6 Å². The van der Waals surface area contributed by atoms with Gasteiger partial charge in [-0.05, 0) is 6.42 Å². The van der Waals surface area contributed by atoms with Gasteiger partial charge in [0.25, 0.3) is 5.92 Å². The molecule has 0 spiro atoms. The average Bonchev–Trinajstić information content (AvgIpc) is 2.84. The number of halogens is 3. The largest absolute Gasteiger partial charge is 0.350 e. The Labute approximate surface area is 116 Å². The molecule has 0 aromatic carbocycles. The Morgan fingerprint density at radius 1 is 1.42 bits per heavy atom. The maximum absolute atomic E-state index is 12.9. The second-order valence-electron chi connectivity index (χ2n) is 4.95. The Hall–Kier alpha value is -0.950. The SMILES string of the molecule is CC(=O)N1CCC(NC(=O)C2CC(F)(F)CN2)C1.Cl. The molecule has 0 bridgehead atoms. The molecule has 0 saturated carbocycles. The molecule has 2 heterocycles. The van der Waals surface area contributed by atoms with Crippen LogP contribution in [0, 0.1) is 0 Å². The van der Waals surface area contributed by atoms with Gasteiger partial charge >= 0.3 is 0 Å². The quantitative estimate of drug-likeness (QED) is 0.762. The third-order valence-electron chi connectivity index (χ3n) is 3.41. The minimum Gasteiger partial charge on any atom is -0.350 e. The molecule has 0 aromatic heterocycles. The summed E-state index contributed by atoms with van der Waals surface area (Å²) in [4.78, 5) is 24.5. The second kappa shape index (κ2) is 6.00. The Morgan fingerprint density at radius 2 is 2.11 bits per heavy atom. The molecule has 19 heavy (non-hydrogen) atoms. The summed E-state index contributed by atoms with van der Waals surface area (Å²) < 4.78 is 25.9. The fraction of sp³-hybridized carbons (Fsp3) is 0.818. The van der Waals surface area contributed by atoms with Crippen LogP contribution in [0.3, 0.4) is 0 Å². The number of alkyl halides is 2. The topological polar surface area (TPSA) is 61.4 Å². The van der Waals surface area contributed by atoms with Crippen LogP contribution in [0.5, 0.6) is 0 Å². The minimum absolute atomic E-state index is 0. The molecule has 0 aliphatic carbocycles. The van der Waals surface area contributed by atoms with Gasteiger partial charge in [0.15, 0.2) is 0 Å². The van der Waals surface area contributed by atoms with Crippen LogP contribution in [0.2, 0.25) is 0 Å². The van der Waals surface area contributed by atoms with Crippen molar-refractivity contribution in [1.82, 2.24) is 15.5 Å². The van der Waals surface area contributed by atoms with Crippen molar-refractivity contribution in [3.05, 3.63) is 0 Å². The van der Waals surface area contributed by atoms with Gasteiger partial charge in [-0.15, -0.1) is 12.4 Å². The fourth-order valence-corrected chi connectivity index (χ4v) is 2.37. The van der Waals surface area contributed by atoms with Crippen LogP contribution in [-0.4, -0.2) is 54.4 Å². The van der Waals surface area contributed by atoms with Crippen LogP contribution in [0.25, 0.3) is 0 Å². The highest BCUT2D eigenvalue weighted by Crippen LogP contribution is 2.25. The van der Waals surface area contributed by atoms with Crippen LogP contribution in [-0.2, 0) is 9.59 Å². The van der Waals surface area contributed by atoms with E-state index in [1.807, 2.05) is 0 Å². The van der Waals surface area contributed by atoms with Crippen molar-refractivity contribution in [1.29, 1.82) is 0 Å². The monoisotopic (exact) mass is 297 g/mol. The Morgan fingerprint density at radius 3 is 2.58 bits per heavy atom. The third-order valence-corrected chi connectivity index (χ3v) is 3.41. The van der Waals surface area contributed by atoms with Crippen molar-refractivity contribution in [2.75, 3.05) is 19.6 Å². The van der Waals surface area contributed by atoms with E-state index >= 15 is 0 Å². The standard InChI is InChI=1S/C11H17F2N3O2.ClH/c1-7(17)16-3-2-8(5-16)15-10(18)9-4-11(12,13)6-14-9;/h8-9,14H,2-6H2,1H3,(H,15,18);1H. The maximum atomic E-state index is 12.9. The normalized spacial score (nSPS) is 28.9. The lowest BCUT2D eigenvalue weighted by molar-refractivity contribution is -0.128. The summed E-state index contributed by atoms with van der Waals surface area (Å²) in [5.41, 5.74) is 0. The Kier molecular flexibility index (Phi) is 5.09. The van der Waals surface area contributed by atoms with Crippen LogP contribution >= 0.6 is 12.4 Å². The number of rotatable bonds is 2. The summed E-state index contributed by atoms with van der Waals surface area (Å²) in [6, 6.07) is -0.955. The Balaban J connectivity index is 0.00000180. The number of carbonyl (C=O) groups is 2. The molecule has 2 atom stereocenters. The van der Waals surface area contributed by atoms with Crippen molar-refractivity contribution in [3.63, 3.8) is 0 Å². The number of likely N-dealkylation sites (tertiary alicyclic amines) is 1. The van der Waals surface area contributed by atoms with Crippen molar-refractivity contribution < 1.29 is 18.4 Å². The van der Waals surface area contributed by atoms with E-state index in [0.717, 1.165) is 0 Å². The average molecular weight is 298 g/mol. The number of nitrogens with zero attached hydrogens (tertiary/aromatic N) is 1. The summed E-state index contributed by atoms with van der Waals surface area (Å²) in [6.45, 7) is 2.09. The summed E-state index contributed by atoms with van der Waals surface area (Å²) in [6.07, 6.45) is 0.219. The molecule has 2 saturated heterocycles. The van der Waals surface area contributed by atoms with Crippen molar-refractivity contribution in [3.8, 4) is 0 Å². The number of hydrogen-bond donors (Lipinski definition) is 2. The van der Waals surface area contributed by atoms with Gasteiger partial charge in [-0.3, -0.25) is 14.9 Å². The first-order chi connectivity index (χ1) is 8.37. The lowest BCUT2D eigenvalue weighted by Crippen LogP contribution is -2.46. The molecule has 2 amide bonds. The Bertz CT molecular complexity index is 368. The van der Waals surface area contributed by atoms with Crippen molar-refractivity contribution >= 4 is 24.2 Å². The van der Waals surface area contributed by atoms with Gasteiger partial charge in [0.2, 0.25) is 11.8 Å². The molecule has 2 aliphatic rings. The molecule has 2 unspecified atom stereocenters. The zero-order valence-electron chi connectivity index (χ0n) is 10.6. The number of hydrogen-bond acceptors (Lipinski definition) is 3. The number of amides is 2. The smallest absolute Gasteiger partial charge is 0.262 e. The highest BCUT2D eigenvalue weighted by molar-refractivity contribution is 5.85. The van der Waals surface area contributed by atoms with Crippen LogP contribution < -0.4 is 10.6 Å². The van der Waals surface area contributed by atoms with Crippen molar-refractivity contribution in [2.24, 2.45) is 0 Å². The molecule has 8 heteroatoms. The van der Waals surface area contributed by atoms with Crippen LogP contribution in [0.1, 0.15) is 19.8 Å². The lowest BCUT2D eigenvalue weighted by Gasteiger charge is -2.17. The van der Waals surface area contributed by atoms with E-state index in [1.54, 1.807) is 4.90 Å². The molecule has 2 fully saturated rings. The second-order valence-corrected chi connectivity index (χ2v) is 4.95. The predicted molar refractivity (Wildman–Crippen MR) is 67.4 cm³/mol. The summed E-state index contributed by atoms with van der Waals surface area (Å²) in [5, 5.41) is 5.23. The first-order valence-electron chi connectivity index (χ1n) is 6.04. The molecular formula is C11H18ClF2N3O2. The van der Waals surface area contributed by atoms with Crippen LogP contribution in [0.15, 0.2) is 0 Å². The van der Waals surface area contributed by atoms with E-state index in [9.17, 15) is 18.4 Å². The van der Waals surface area contributed by atoms with Gasteiger partial charge in [-0.2, -0.15) is 0 Å². The molecule has 0 radical (unpaired) electrons. The van der Waals surface area contributed by atoms with Crippen molar-refractivity contribution in [2.45, 2.75) is 37.8 Å². The number of carbonyl (C=O) groups excluding carboxylic acids is 2. The highest BCUT2D eigenvalue weighted by atomic mass is 35.5. The molecule has 2 aliphatic heterocycles. The van der Waals surface area contributed by atoms with E-state index in [-0.39, 0.29) is 24.4 Å². The molecule has 0 aromatic rings. The van der Waals surface area contributed by atoms with Gasteiger partial charge in [0.1, 0.15) is 0 Å². The summed E-state index contributed by atoms with van der Waals surface area (Å²) >= 11 is 0. The van der Waals surface area contributed by atoms with E-state index in [0.29, 0.717) is 19.5 Å². The summed E-state index contributed by atoms with van der Waals surface area (Å²) in [5.74, 6) is -3.23. The molecule has 5 nitrogen and oxygen atoms in total. The fourth-order valence-electron chi connectivity index (χ4n) is 2.37. The van der Waals surface area contributed by atoms with Gasteiger partial charge in [-0.1, -0.05) is 0 Å². The molecule has 110 valence electrons. The minimum atomic E-state index is -2.80. The van der Waals surface area contributed by atoms with E-state index in [1.165, 1.54) is 6.92 Å². The van der Waals surface area contributed by atoms with Gasteiger partial charge in [0, 0.05) is 32.5 Å². The van der Waals surface area contributed by atoms with Gasteiger partial charge in [-0.25, -0.2) is 8.78 Å². The van der Waals surface area contributed by atoms with E-state index in [2.05, 4.69) is 10.6 Å². The van der Waals surface area contributed by atoms with E-state index in [4.69, 9.17) is 0 Å². The van der Waals surface area contributed by atoms with E-state index < -0.39 is 30.8 Å². The zero-order valence-corrected chi connectivity index (χ0v) is 11.4. The van der Waals surface area contributed by atoms with Crippen LogP contribution in [0.4, 0.5) is 8.78 Å². The lowest BCUT2D eigenvalue weighted by atomic mass is 10.1. The maximum Gasteiger partial charge on any atom is 0.262 e. The molecule has 2 N–H and O–H groups in total. The first-order valence-corrected chi connectivity index (χ1v) is 6.04. The summed E-state index contributed by atoms with van der Waals surface area (Å²) in [7, 11) is 0. The predicted octanol–water partition coefficient (Wildman–Crippen LogP) is 0.142. The highest BCUT2D eigenvalue weighted by Gasteiger charge is 2.42. The zero-order chi connectivity index (χ0) is 13.3.